The average Bonchev–Trinajstić information content (AvgIpc) is 3.19. The van der Waals surface area contributed by atoms with Crippen molar-refractivity contribution in [2.75, 3.05) is 18.5 Å². The molecule has 4 rings (SSSR count). The first kappa shape index (κ1) is 31.4. The van der Waals surface area contributed by atoms with Gasteiger partial charge in [-0.05, 0) is 78.4 Å². The van der Waals surface area contributed by atoms with Gasteiger partial charge in [-0.25, -0.2) is 0 Å². The third-order valence-electron chi connectivity index (χ3n) is 5.81. The van der Waals surface area contributed by atoms with Crippen molar-refractivity contribution in [1.82, 2.24) is 4.90 Å². The van der Waals surface area contributed by atoms with Gasteiger partial charge in [-0.15, -0.1) is 0 Å². The predicted octanol–water partition coefficient (Wildman–Crippen LogP) is 6.92. The van der Waals surface area contributed by atoms with Gasteiger partial charge in [-0.3, -0.25) is 29.4 Å². The standard InChI is InChI=1S/C28H21ClF3N3O7S/c1-2-41-22-11-17(10-21(29)25(22)42-15-16-6-8-20(9-7-16)35(39)40)12-23-26(37)34(27(38)43-23)14-24(36)33-19-5-3-4-18(13-19)28(30,31)32/h3-13H,2,14-15H2,1H3,(H,33,36)/b23-12-. The van der Waals surface area contributed by atoms with Gasteiger partial charge in [0.1, 0.15) is 13.2 Å². The van der Waals surface area contributed by atoms with Gasteiger partial charge in [-0.2, -0.15) is 13.2 Å². The van der Waals surface area contributed by atoms with E-state index in [9.17, 15) is 37.7 Å². The number of nitrogens with one attached hydrogen (secondary N) is 1. The van der Waals surface area contributed by atoms with E-state index in [2.05, 4.69) is 5.32 Å². The van der Waals surface area contributed by atoms with E-state index < -0.39 is 40.3 Å². The summed E-state index contributed by atoms with van der Waals surface area (Å²) in [5.41, 5.74) is -0.153. The molecule has 3 amide bonds. The van der Waals surface area contributed by atoms with Crippen LogP contribution in [0.15, 0.2) is 65.6 Å². The summed E-state index contributed by atoms with van der Waals surface area (Å²) in [4.78, 5) is 48.9. The van der Waals surface area contributed by atoms with Crippen molar-refractivity contribution >= 4 is 57.9 Å². The Labute approximate surface area is 251 Å². The fourth-order valence-corrected chi connectivity index (χ4v) is 4.96. The second kappa shape index (κ2) is 13.2. The van der Waals surface area contributed by atoms with E-state index in [-0.39, 0.29) is 46.0 Å². The number of non-ortho nitro benzene ring substituents is 1. The number of carbonyl (C=O) groups is 3. The molecule has 3 aromatic carbocycles. The van der Waals surface area contributed by atoms with Gasteiger partial charge in [-0.1, -0.05) is 17.7 Å². The Morgan fingerprint density at radius 2 is 1.84 bits per heavy atom. The molecule has 0 radical (unpaired) electrons. The number of ether oxygens (including phenoxy) is 2. The molecular formula is C28H21ClF3N3O7S. The lowest BCUT2D eigenvalue weighted by Gasteiger charge is -2.15. The Balaban J connectivity index is 1.47. The van der Waals surface area contributed by atoms with Crippen LogP contribution < -0.4 is 14.8 Å². The third-order valence-corrected chi connectivity index (χ3v) is 7.00. The molecule has 1 saturated heterocycles. The number of hydrogen-bond acceptors (Lipinski definition) is 8. The van der Waals surface area contributed by atoms with Crippen LogP contribution in [0.3, 0.4) is 0 Å². The minimum Gasteiger partial charge on any atom is -0.490 e. The number of nitrogens with zero attached hydrogens (tertiary/aromatic N) is 2. The van der Waals surface area contributed by atoms with Crippen LogP contribution in [0.4, 0.5) is 29.3 Å². The van der Waals surface area contributed by atoms with E-state index in [1.54, 1.807) is 6.92 Å². The molecule has 0 bridgehead atoms. The maximum absolute atomic E-state index is 13.0. The molecule has 0 spiro atoms. The number of rotatable bonds is 10. The molecule has 43 heavy (non-hydrogen) atoms. The van der Waals surface area contributed by atoms with Gasteiger partial charge in [0, 0.05) is 17.8 Å². The van der Waals surface area contributed by atoms with Crippen molar-refractivity contribution in [3.05, 3.63) is 97.4 Å². The van der Waals surface area contributed by atoms with E-state index >= 15 is 0 Å². The first-order valence-corrected chi connectivity index (χ1v) is 13.6. The Kier molecular flexibility index (Phi) is 9.61. The molecule has 0 saturated carbocycles. The number of amides is 3. The lowest BCUT2D eigenvalue weighted by atomic mass is 10.1. The van der Waals surface area contributed by atoms with E-state index in [0.717, 1.165) is 18.2 Å². The van der Waals surface area contributed by atoms with Crippen molar-refractivity contribution in [2.24, 2.45) is 0 Å². The quantitative estimate of drug-likeness (QED) is 0.144. The number of halogens is 4. The summed E-state index contributed by atoms with van der Waals surface area (Å²) in [6.45, 7) is 1.29. The molecule has 10 nitrogen and oxygen atoms in total. The molecule has 224 valence electrons. The Morgan fingerprint density at radius 3 is 2.49 bits per heavy atom. The van der Waals surface area contributed by atoms with Crippen molar-refractivity contribution in [3.63, 3.8) is 0 Å². The number of carbonyl (C=O) groups excluding carboxylic acids is 3. The number of imide groups is 1. The molecule has 1 N–H and O–H groups in total. The SMILES string of the molecule is CCOc1cc(/C=C2\SC(=O)N(CC(=O)Nc3cccc(C(F)(F)F)c3)C2=O)cc(Cl)c1OCc1ccc([N+](=O)[O-])cc1. The second-order valence-corrected chi connectivity index (χ2v) is 10.3. The molecule has 15 heteroatoms. The first-order chi connectivity index (χ1) is 20.3. The van der Waals surface area contributed by atoms with Crippen molar-refractivity contribution < 1.29 is 42.0 Å². The van der Waals surface area contributed by atoms with Gasteiger partial charge < -0.3 is 14.8 Å². The molecule has 0 aliphatic carbocycles. The molecule has 1 fully saturated rings. The third kappa shape index (κ3) is 7.84. The summed E-state index contributed by atoms with van der Waals surface area (Å²) >= 11 is 7.03. The second-order valence-electron chi connectivity index (χ2n) is 8.87. The smallest absolute Gasteiger partial charge is 0.416 e. The van der Waals surface area contributed by atoms with Gasteiger partial charge in [0.25, 0.3) is 16.8 Å². The molecule has 3 aromatic rings. The Bertz CT molecular complexity index is 1610. The molecule has 1 aliphatic heterocycles. The van der Waals surface area contributed by atoms with Gasteiger partial charge in [0.2, 0.25) is 5.91 Å². The van der Waals surface area contributed by atoms with Crippen LogP contribution in [0.2, 0.25) is 5.02 Å². The number of alkyl halides is 3. The van der Waals surface area contributed by atoms with E-state index in [0.29, 0.717) is 27.8 Å². The molecule has 0 aromatic heterocycles. The average molecular weight is 636 g/mol. The molecular weight excluding hydrogens is 615 g/mol. The Hall–Kier alpha value is -4.56. The van der Waals surface area contributed by atoms with Crippen LogP contribution >= 0.6 is 23.4 Å². The lowest BCUT2D eigenvalue weighted by Crippen LogP contribution is -2.36. The number of benzene rings is 3. The zero-order valence-corrected chi connectivity index (χ0v) is 23.7. The summed E-state index contributed by atoms with van der Waals surface area (Å²) < 4.78 is 50.3. The first-order valence-electron chi connectivity index (χ1n) is 12.4. The normalized spacial score (nSPS) is 14.3. The van der Waals surface area contributed by atoms with Crippen molar-refractivity contribution in [1.29, 1.82) is 0 Å². The molecule has 1 aliphatic rings. The van der Waals surface area contributed by atoms with E-state index in [4.69, 9.17) is 21.1 Å². The summed E-state index contributed by atoms with van der Waals surface area (Å²) in [6.07, 6.45) is -3.23. The Morgan fingerprint density at radius 1 is 1.12 bits per heavy atom. The molecule has 1 heterocycles. The fraction of sp³-hybridized carbons (Fsp3) is 0.179. The van der Waals surface area contributed by atoms with Crippen LogP contribution in [-0.4, -0.2) is 40.0 Å². The largest absolute Gasteiger partial charge is 0.490 e. The van der Waals surface area contributed by atoms with E-state index in [1.165, 1.54) is 48.5 Å². The number of hydrogen-bond donors (Lipinski definition) is 1. The highest BCUT2D eigenvalue weighted by molar-refractivity contribution is 8.18. The van der Waals surface area contributed by atoms with Crippen LogP contribution in [0.25, 0.3) is 6.08 Å². The number of anilines is 1. The summed E-state index contributed by atoms with van der Waals surface area (Å²) in [5, 5.41) is 12.5. The summed E-state index contributed by atoms with van der Waals surface area (Å²) in [6, 6.07) is 12.7. The van der Waals surface area contributed by atoms with Crippen molar-refractivity contribution in [3.8, 4) is 11.5 Å². The lowest BCUT2D eigenvalue weighted by molar-refractivity contribution is -0.384. The van der Waals surface area contributed by atoms with Crippen molar-refractivity contribution in [2.45, 2.75) is 19.7 Å². The van der Waals surface area contributed by atoms with Gasteiger partial charge >= 0.3 is 6.18 Å². The van der Waals surface area contributed by atoms with Crippen LogP contribution in [-0.2, 0) is 22.4 Å². The number of nitro groups is 1. The van der Waals surface area contributed by atoms with E-state index in [1.807, 2.05) is 0 Å². The van der Waals surface area contributed by atoms with Crippen LogP contribution in [0.1, 0.15) is 23.6 Å². The minimum absolute atomic E-state index is 0.0186. The highest BCUT2D eigenvalue weighted by Gasteiger charge is 2.36. The topological polar surface area (TPSA) is 128 Å². The number of thioether (sulfide) groups is 1. The fourth-order valence-electron chi connectivity index (χ4n) is 3.85. The minimum atomic E-state index is -4.61. The molecule has 0 unspecified atom stereocenters. The predicted molar refractivity (Wildman–Crippen MR) is 153 cm³/mol. The van der Waals surface area contributed by atoms with Crippen LogP contribution in [0, 0.1) is 10.1 Å². The highest BCUT2D eigenvalue weighted by Crippen LogP contribution is 2.40. The molecule has 0 atom stereocenters. The van der Waals surface area contributed by atoms with Gasteiger partial charge in [0.05, 0.1) is 27.0 Å². The maximum atomic E-state index is 13.0. The zero-order chi connectivity index (χ0) is 31.3. The summed E-state index contributed by atoms with van der Waals surface area (Å²) in [5.74, 6) is -1.21. The van der Waals surface area contributed by atoms with Crippen LogP contribution in [0.5, 0.6) is 11.5 Å². The van der Waals surface area contributed by atoms with Gasteiger partial charge in [0.15, 0.2) is 11.5 Å². The number of nitro benzene ring substituents is 1. The monoisotopic (exact) mass is 635 g/mol. The highest BCUT2D eigenvalue weighted by atomic mass is 35.5. The zero-order valence-electron chi connectivity index (χ0n) is 22.1. The summed E-state index contributed by atoms with van der Waals surface area (Å²) in [7, 11) is 0. The maximum Gasteiger partial charge on any atom is 0.416 e.